The SMILES string of the molecule is Nc1ccnc(-c2cc(Br)c(Br)s2)n1. The fourth-order valence-corrected chi connectivity index (χ4v) is 2.92. The molecule has 2 heterocycles. The number of aromatic nitrogens is 2. The van der Waals surface area contributed by atoms with Crippen molar-refractivity contribution in [1.29, 1.82) is 0 Å². The van der Waals surface area contributed by atoms with Gasteiger partial charge in [0.2, 0.25) is 0 Å². The second kappa shape index (κ2) is 3.96. The van der Waals surface area contributed by atoms with Crippen LogP contribution in [0, 0.1) is 0 Å². The molecule has 72 valence electrons. The summed E-state index contributed by atoms with van der Waals surface area (Å²) in [6.07, 6.45) is 1.65. The Balaban J connectivity index is 2.49. The van der Waals surface area contributed by atoms with Gasteiger partial charge >= 0.3 is 0 Å². The van der Waals surface area contributed by atoms with Gasteiger partial charge in [-0.05, 0) is 44.0 Å². The minimum atomic E-state index is 0.482. The Morgan fingerprint density at radius 2 is 2.14 bits per heavy atom. The van der Waals surface area contributed by atoms with Crippen molar-refractivity contribution in [3.8, 4) is 10.7 Å². The van der Waals surface area contributed by atoms with Crippen molar-refractivity contribution < 1.29 is 0 Å². The third-order valence-electron chi connectivity index (χ3n) is 1.54. The molecule has 0 atom stereocenters. The molecule has 0 amide bonds. The van der Waals surface area contributed by atoms with E-state index in [1.807, 2.05) is 6.07 Å². The monoisotopic (exact) mass is 333 g/mol. The Morgan fingerprint density at radius 3 is 2.71 bits per heavy atom. The molecular formula is C8H5Br2N3S. The van der Waals surface area contributed by atoms with Crippen LogP contribution in [-0.4, -0.2) is 9.97 Å². The van der Waals surface area contributed by atoms with Crippen LogP contribution in [0.25, 0.3) is 10.7 Å². The Morgan fingerprint density at radius 1 is 1.36 bits per heavy atom. The van der Waals surface area contributed by atoms with E-state index in [9.17, 15) is 0 Å². The van der Waals surface area contributed by atoms with Gasteiger partial charge in [-0.1, -0.05) is 0 Å². The van der Waals surface area contributed by atoms with E-state index in [0.29, 0.717) is 11.6 Å². The first-order chi connectivity index (χ1) is 6.66. The van der Waals surface area contributed by atoms with E-state index in [1.54, 1.807) is 23.6 Å². The van der Waals surface area contributed by atoms with Gasteiger partial charge in [0.25, 0.3) is 0 Å². The molecule has 2 N–H and O–H groups in total. The smallest absolute Gasteiger partial charge is 0.171 e. The number of halogens is 2. The second-order valence-corrected chi connectivity index (χ2v) is 5.76. The number of nitrogen functional groups attached to an aromatic ring is 1. The quantitative estimate of drug-likeness (QED) is 0.870. The largest absolute Gasteiger partial charge is 0.384 e. The normalized spacial score (nSPS) is 10.4. The molecule has 0 unspecified atom stereocenters. The summed E-state index contributed by atoms with van der Waals surface area (Å²) < 4.78 is 2.03. The fraction of sp³-hybridized carbons (Fsp3) is 0. The first-order valence-electron chi connectivity index (χ1n) is 3.70. The summed E-state index contributed by atoms with van der Waals surface area (Å²) >= 11 is 8.39. The topological polar surface area (TPSA) is 51.8 Å². The zero-order chi connectivity index (χ0) is 10.1. The molecule has 14 heavy (non-hydrogen) atoms. The van der Waals surface area contributed by atoms with E-state index in [0.717, 1.165) is 13.1 Å². The molecule has 0 spiro atoms. The molecule has 0 saturated carbocycles. The van der Waals surface area contributed by atoms with Crippen LogP contribution < -0.4 is 5.73 Å². The molecule has 0 fully saturated rings. The molecule has 0 radical (unpaired) electrons. The van der Waals surface area contributed by atoms with Gasteiger partial charge in [0, 0.05) is 10.7 Å². The summed E-state index contributed by atoms with van der Waals surface area (Å²) in [5.74, 6) is 1.14. The predicted molar refractivity (Wildman–Crippen MR) is 65.2 cm³/mol. The Bertz CT molecular complexity index is 450. The van der Waals surface area contributed by atoms with E-state index in [2.05, 4.69) is 41.8 Å². The molecule has 2 aromatic rings. The minimum absolute atomic E-state index is 0.482. The molecule has 0 bridgehead atoms. The Hall–Kier alpha value is -0.460. The first-order valence-corrected chi connectivity index (χ1v) is 6.11. The highest BCUT2D eigenvalue weighted by atomic mass is 79.9. The zero-order valence-corrected chi connectivity index (χ0v) is 10.9. The van der Waals surface area contributed by atoms with Crippen LogP contribution in [0.2, 0.25) is 0 Å². The molecule has 3 nitrogen and oxygen atoms in total. The molecule has 2 rings (SSSR count). The zero-order valence-electron chi connectivity index (χ0n) is 6.87. The standard InChI is InChI=1S/C8H5Br2N3S/c9-4-3-5(14-7(4)10)8-12-2-1-6(11)13-8/h1-3H,(H2,11,12,13). The number of hydrogen-bond donors (Lipinski definition) is 1. The third-order valence-corrected chi connectivity index (χ3v) is 4.79. The van der Waals surface area contributed by atoms with E-state index in [4.69, 9.17) is 5.73 Å². The van der Waals surface area contributed by atoms with Gasteiger partial charge in [-0.3, -0.25) is 0 Å². The molecule has 6 heteroatoms. The lowest BCUT2D eigenvalue weighted by Gasteiger charge is -1.95. The van der Waals surface area contributed by atoms with Gasteiger partial charge in [-0.2, -0.15) is 0 Å². The highest BCUT2D eigenvalue weighted by Gasteiger charge is 2.08. The number of hydrogen-bond acceptors (Lipinski definition) is 4. The lowest BCUT2D eigenvalue weighted by molar-refractivity contribution is 1.19. The highest BCUT2D eigenvalue weighted by molar-refractivity contribution is 9.13. The van der Waals surface area contributed by atoms with Crippen LogP contribution >= 0.6 is 43.2 Å². The second-order valence-electron chi connectivity index (χ2n) is 2.54. The third kappa shape index (κ3) is 1.97. The van der Waals surface area contributed by atoms with Gasteiger partial charge in [-0.25, -0.2) is 9.97 Å². The number of nitrogens with two attached hydrogens (primary N) is 1. The van der Waals surface area contributed by atoms with E-state index in [-0.39, 0.29) is 0 Å². The Kier molecular flexibility index (Phi) is 2.85. The van der Waals surface area contributed by atoms with Crippen molar-refractivity contribution in [3.05, 3.63) is 26.6 Å². The summed E-state index contributed by atoms with van der Waals surface area (Å²) in [6.45, 7) is 0. The van der Waals surface area contributed by atoms with Gasteiger partial charge < -0.3 is 5.73 Å². The molecule has 0 aliphatic rings. The Labute approximate surface area is 102 Å². The van der Waals surface area contributed by atoms with Crippen LogP contribution in [-0.2, 0) is 0 Å². The average molecular weight is 335 g/mol. The summed E-state index contributed by atoms with van der Waals surface area (Å²) in [6, 6.07) is 3.63. The molecule has 0 aliphatic carbocycles. The molecular weight excluding hydrogens is 330 g/mol. The van der Waals surface area contributed by atoms with Crippen LogP contribution in [0.4, 0.5) is 5.82 Å². The summed E-state index contributed by atoms with van der Waals surface area (Å²) in [5.41, 5.74) is 5.57. The van der Waals surface area contributed by atoms with Crippen LogP contribution in [0.3, 0.4) is 0 Å². The van der Waals surface area contributed by atoms with E-state index >= 15 is 0 Å². The van der Waals surface area contributed by atoms with Gasteiger partial charge in [0.1, 0.15) is 5.82 Å². The highest BCUT2D eigenvalue weighted by Crippen LogP contribution is 2.36. The first kappa shape index (κ1) is 10.1. The summed E-state index contributed by atoms with van der Waals surface area (Å²) in [4.78, 5) is 9.26. The number of thiophene rings is 1. The molecule has 0 aliphatic heterocycles. The average Bonchev–Trinajstić information content (AvgIpc) is 2.47. The predicted octanol–water partition coefficient (Wildman–Crippen LogP) is 3.31. The number of rotatable bonds is 1. The van der Waals surface area contributed by atoms with E-state index < -0.39 is 0 Å². The molecule has 0 aromatic carbocycles. The van der Waals surface area contributed by atoms with Gasteiger partial charge in [0.05, 0.1) is 8.66 Å². The molecule has 0 saturated heterocycles. The van der Waals surface area contributed by atoms with Crippen molar-refractivity contribution in [2.45, 2.75) is 0 Å². The maximum atomic E-state index is 5.57. The van der Waals surface area contributed by atoms with Crippen LogP contribution in [0.5, 0.6) is 0 Å². The lowest BCUT2D eigenvalue weighted by atomic mass is 10.4. The van der Waals surface area contributed by atoms with Gasteiger partial charge in [0.15, 0.2) is 5.82 Å². The van der Waals surface area contributed by atoms with Crippen molar-refractivity contribution in [2.75, 3.05) is 5.73 Å². The van der Waals surface area contributed by atoms with Crippen LogP contribution in [0.15, 0.2) is 26.6 Å². The van der Waals surface area contributed by atoms with Crippen molar-refractivity contribution in [2.24, 2.45) is 0 Å². The number of anilines is 1. The van der Waals surface area contributed by atoms with Crippen molar-refractivity contribution >= 4 is 49.0 Å². The van der Waals surface area contributed by atoms with Crippen molar-refractivity contribution in [3.63, 3.8) is 0 Å². The van der Waals surface area contributed by atoms with Crippen LogP contribution in [0.1, 0.15) is 0 Å². The molecule has 2 aromatic heterocycles. The number of nitrogens with zero attached hydrogens (tertiary/aromatic N) is 2. The van der Waals surface area contributed by atoms with E-state index in [1.165, 1.54) is 0 Å². The van der Waals surface area contributed by atoms with Gasteiger partial charge in [-0.15, -0.1) is 11.3 Å². The lowest BCUT2D eigenvalue weighted by Crippen LogP contribution is -1.92. The maximum Gasteiger partial charge on any atom is 0.171 e. The summed E-state index contributed by atoms with van der Waals surface area (Å²) in [5, 5.41) is 0. The minimum Gasteiger partial charge on any atom is -0.384 e. The van der Waals surface area contributed by atoms with Crippen molar-refractivity contribution in [1.82, 2.24) is 9.97 Å². The maximum absolute atomic E-state index is 5.57. The fourth-order valence-electron chi connectivity index (χ4n) is 0.948. The summed E-state index contributed by atoms with van der Waals surface area (Å²) in [7, 11) is 0.